The molecule has 0 radical (unpaired) electrons. The zero-order chi connectivity index (χ0) is 18.2. The lowest BCUT2D eigenvalue weighted by Crippen LogP contribution is -2.27. The molecule has 0 bridgehead atoms. The predicted molar refractivity (Wildman–Crippen MR) is 103 cm³/mol. The monoisotopic (exact) mass is 342 g/mol. The standard InChI is InChI=1S/C19H26N4O2/c1-23(2)17(16-10-5-6-11-18(16)25-4)13-21-19(20)22-14-8-7-9-15(12-14)24-3/h5-12,17H,13H2,1-4H3,(H3,20,21,22). The molecule has 0 fully saturated rings. The van der Waals surface area contributed by atoms with Crippen molar-refractivity contribution in [3.8, 4) is 11.5 Å². The number of nitrogens with zero attached hydrogens (tertiary/aromatic N) is 2. The Bertz CT molecular complexity index is 716. The summed E-state index contributed by atoms with van der Waals surface area (Å²) in [5.41, 5.74) is 7.95. The fourth-order valence-electron chi connectivity index (χ4n) is 2.55. The van der Waals surface area contributed by atoms with Crippen LogP contribution in [0.2, 0.25) is 0 Å². The average molecular weight is 342 g/mol. The van der Waals surface area contributed by atoms with Crippen LogP contribution in [0.5, 0.6) is 11.5 Å². The average Bonchev–Trinajstić information content (AvgIpc) is 2.62. The summed E-state index contributed by atoms with van der Waals surface area (Å²) in [6, 6.07) is 15.6. The van der Waals surface area contributed by atoms with Crippen molar-refractivity contribution >= 4 is 11.6 Å². The molecule has 0 aromatic heterocycles. The van der Waals surface area contributed by atoms with E-state index in [1.54, 1.807) is 14.2 Å². The van der Waals surface area contributed by atoms with Gasteiger partial charge in [-0.1, -0.05) is 24.3 Å². The first-order valence-electron chi connectivity index (χ1n) is 8.05. The molecule has 2 aromatic rings. The molecule has 6 heteroatoms. The van der Waals surface area contributed by atoms with Gasteiger partial charge < -0.3 is 25.4 Å². The van der Waals surface area contributed by atoms with E-state index in [-0.39, 0.29) is 6.04 Å². The number of guanidine groups is 1. The van der Waals surface area contributed by atoms with E-state index in [2.05, 4.69) is 15.2 Å². The molecule has 2 rings (SSSR count). The number of hydrogen-bond acceptors (Lipinski definition) is 4. The summed E-state index contributed by atoms with van der Waals surface area (Å²) >= 11 is 0. The number of ether oxygens (including phenoxy) is 2. The van der Waals surface area contributed by atoms with Crippen molar-refractivity contribution in [2.75, 3.05) is 40.2 Å². The van der Waals surface area contributed by atoms with Gasteiger partial charge in [-0.05, 0) is 32.3 Å². The Morgan fingerprint density at radius 2 is 1.88 bits per heavy atom. The van der Waals surface area contributed by atoms with Gasteiger partial charge in [0, 0.05) is 17.3 Å². The molecule has 3 N–H and O–H groups in total. The van der Waals surface area contributed by atoms with Crippen LogP contribution in [0.25, 0.3) is 0 Å². The summed E-state index contributed by atoms with van der Waals surface area (Å²) in [4.78, 5) is 6.59. The first-order valence-corrected chi connectivity index (χ1v) is 8.05. The van der Waals surface area contributed by atoms with Gasteiger partial charge in [-0.2, -0.15) is 0 Å². The van der Waals surface area contributed by atoms with Crippen molar-refractivity contribution in [1.29, 1.82) is 0 Å². The van der Waals surface area contributed by atoms with Gasteiger partial charge in [0.25, 0.3) is 0 Å². The Hall–Kier alpha value is -2.73. The number of hydrogen-bond donors (Lipinski definition) is 2. The molecule has 0 aliphatic heterocycles. The van der Waals surface area contributed by atoms with Gasteiger partial charge in [-0.3, -0.25) is 4.99 Å². The molecule has 25 heavy (non-hydrogen) atoms. The molecule has 0 saturated carbocycles. The lowest BCUT2D eigenvalue weighted by molar-refractivity contribution is 0.295. The highest BCUT2D eigenvalue weighted by molar-refractivity contribution is 5.92. The van der Waals surface area contributed by atoms with Crippen molar-refractivity contribution in [2.24, 2.45) is 10.7 Å². The smallest absolute Gasteiger partial charge is 0.193 e. The molecule has 0 saturated heterocycles. The Labute approximate surface area is 149 Å². The fraction of sp³-hybridized carbons (Fsp3) is 0.316. The summed E-state index contributed by atoms with van der Waals surface area (Å²) in [5, 5.41) is 3.09. The van der Waals surface area contributed by atoms with Crippen LogP contribution in [-0.2, 0) is 0 Å². The minimum Gasteiger partial charge on any atom is -0.497 e. The molecule has 134 valence electrons. The highest BCUT2D eigenvalue weighted by Gasteiger charge is 2.17. The van der Waals surface area contributed by atoms with Crippen LogP contribution >= 0.6 is 0 Å². The van der Waals surface area contributed by atoms with E-state index in [0.717, 1.165) is 22.7 Å². The number of anilines is 1. The van der Waals surface area contributed by atoms with E-state index in [1.165, 1.54) is 0 Å². The van der Waals surface area contributed by atoms with Crippen LogP contribution in [0.1, 0.15) is 11.6 Å². The maximum Gasteiger partial charge on any atom is 0.193 e. The number of para-hydroxylation sites is 1. The third-order valence-corrected chi connectivity index (χ3v) is 3.90. The lowest BCUT2D eigenvalue weighted by atomic mass is 10.0. The summed E-state index contributed by atoms with van der Waals surface area (Å²) in [6.45, 7) is 0.510. The summed E-state index contributed by atoms with van der Waals surface area (Å²) in [6.07, 6.45) is 0. The quantitative estimate of drug-likeness (QED) is 0.598. The zero-order valence-corrected chi connectivity index (χ0v) is 15.2. The third-order valence-electron chi connectivity index (χ3n) is 3.90. The van der Waals surface area contributed by atoms with E-state index in [4.69, 9.17) is 15.2 Å². The van der Waals surface area contributed by atoms with Gasteiger partial charge in [0.2, 0.25) is 0 Å². The number of aliphatic imine (C=N–C) groups is 1. The highest BCUT2D eigenvalue weighted by Crippen LogP contribution is 2.28. The second kappa shape index (κ2) is 8.94. The number of likely N-dealkylation sites (N-methyl/N-ethyl adjacent to an activating group) is 1. The van der Waals surface area contributed by atoms with Gasteiger partial charge in [-0.25, -0.2) is 0 Å². The van der Waals surface area contributed by atoms with Gasteiger partial charge in [-0.15, -0.1) is 0 Å². The second-order valence-corrected chi connectivity index (χ2v) is 5.80. The van der Waals surface area contributed by atoms with Crippen molar-refractivity contribution < 1.29 is 9.47 Å². The van der Waals surface area contributed by atoms with E-state index >= 15 is 0 Å². The molecule has 6 nitrogen and oxygen atoms in total. The Kier molecular flexibility index (Phi) is 6.65. The molecule has 2 aromatic carbocycles. The molecule has 0 aliphatic rings. The van der Waals surface area contributed by atoms with E-state index < -0.39 is 0 Å². The van der Waals surface area contributed by atoms with Crippen LogP contribution < -0.4 is 20.5 Å². The van der Waals surface area contributed by atoms with E-state index in [9.17, 15) is 0 Å². The molecule has 0 heterocycles. The molecular weight excluding hydrogens is 316 g/mol. The summed E-state index contributed by atoms with van der Waals surface area (Å²) in [5.74, 6) is 1.96. The van der Waals surface area contributed by atoms with Crippen LogP contribution in [-0.4, -0.2) is 45.7 Å². The van der Waals surface area contributed by atoms with Crippen molar-refractivity contribution in [1.82, 2.24) is 4.90 Å². The van der Waals surface area contributed by atoms with Gasteiger partial charge >= 0.3 is 0 Å². The topological polar surface area (TPSA) is 72.1 Å². The van der Waals surface area contributed by atoms with Crippen molar-refractivity contribution in [3.63, 3.8) is 0 Å². The molecule has 0 amide bonds. The summed E-state index contributed by atoms with van der Waals surface area (Å²) in [7, 11) is 7.33. The Morgan fingerprint density at radius 3 is 2.56 bits per heavy atom. The predicted octanol–water partition coefficient (Wildman–Crippen LogP) is 2.73. The SMILES string of the molecule is COc1cccc(NC(N)=NCC(c2ccccc2OC)N(C)C)c1. The molecule has 0 aliphatic carbocycles. The van der Waals surface area contributed by atoms with Gasteiger partial charge in [0.05, 0.1) is 26.8 Å². The van der Waals surface area contributed by atoms with E-state index in [0.29, 0.717) is 12.5 Å². The zero-order valence-electron chi connectivity index (χ0n) is 15.2. The normalized spacial score (nSPS) is 12.8. The van der Waals surface area contributed by atoms with Crippen LogP contribution in [0, 0.1) is 0 Å². The largest absolute Gasteiger partial charge is 0.497 e. The molecule has 1 unspecified atom stereocenters. The molecule has 0 spiro atoms. The Morgan fingerprint density at radius 1 is 1.12 bits per heavy atom. The minimum atomic E-state index is 0.0572. The summed E-state index contributed by atoms with van der Waals surface area (Å²) < 4.78 is 10.7. The van der Waals surface area contributed by atoms with Gasteiger partial charge in [0.1, 0.15) is 11.5 Å². The maximum atomic E-state index is 6.04. The minimum absolute atomic E-state index is 0.0572. The van der Waals surface area contributed by atoms with Crippen molar-refractivity contribution in [3.05, 3.63) is 54.1 Å². The number of methoxy groups -OCH3 is 2. The maximum absolute atomic E-state index is 6.04. The van der Waals surface area contributed by atoms with Crippen LogP contribution in [0.4, 0.5) is 5.69 Å². The lowest BCUT2D eigenvalue weighted by Gasteiger charge is -2.25. The second-order valence-electron chi connectivity index (χ2n) is 5.80. The first kappa shape index (κ1) is 18.6. The molecule has 1 atom stereocenters. The van der Waals surface area contributed by atoms with E-state index in [1.807, 2.05) is 62.6 Å². The first-order chi connectivity index (χ1) is 12.0. The number of benzene rings is 2. The van der Waals surface area contributed by atoms with Gasteiger partial charge in [0.15, 0.2) is 5.96 Å². The van der Waals surface area contributed by atoms with Crippen molar-refractivity contribution in [2.45, 2.75) is 6.04 Å². The number of rotatable bonds is 7. The van der Waals surface area contributed by atoms with Crippen LogP contribution in [0.15, 0.2) is 53.5 Å². The number of nitrogens with two attached hydrogens (primary N) is 1. The highest BCUT2D eigenvalue weighted by atomic mass is 16.5. The third kappa shape index (κ3) is 5.12. The fourth-order valence-corrected chi connectivity index (χ4v) is 2.55. The van der Waals surface area contributed by atoms with Crippen LogP contribution in [0.3, 0.4) is 0 Å². The molecular formula is C19H26N4O2. The number of nitrogens with one attached hydrogen (secondary N) is 1. The Balaban J connectivity index is 2.12.